The Bertz CT molecular complexity index is 1870. The quantitative estimate of drug-likeness (QED) is 0.218. The van der Waals surface area contributed by atoms with E-state index in [1.54, 1.807) is 10.8 Å². The minimum atomic E-state index is -0.138. The van der Waals surface area contributed by atoms with E-state index in [-0.39, 0.29) is 5.56 Å². The van der Waals surface area contributed by atoms with Crippen LogP contribution in [0.3, 0.4) is 0 Å². The Morgan fingerprint density at radius 2 is 1.66 bits per heavy atom. The van der Waals surface area contributed by atoms with Gasteiger partial charge in [-0.25, -0.2) is 9.97 Å². The summed E-state index contributed by atoms with van der Waals surface area (Å²) in [5.74, 6) is 0.753. The van der Waals surface area contributed by atoms with Crippen LogP contribution >= 0.6 is 0 Å². The summed E-state index contributed by atoms with van der Waals surface area (Å²) in [5.41, 5.74) is 5.89. The molecule has 0 amide bonds. The number of anilines is 5. The molecule has 0 aliphatic carbocycles. The van der Waals surface area contributed by atoms with Gasteiger partial charge in [-0.1, -0.05) is 18.2 Å². The number of aryl methyl sites for hydroxylation is 1. The van der Waals surface area contributed by atoms with Crippen LogP contribution < -0.4 is 21.1 Å². The highest BCUT2D eigenvalue weighted by Crippen LogP contribution is 2.30. The Morgan fingerprint density at radius 3 is 2.40 bits per heavy atom. The Labute approximate surface area is 275 Å². The summed E-state index contributed by atoms with van der Waals surface area (Å²) in [4.78, 5) is 33.0. The lowest BCUT2D eigenvalue weighted by Gasteiger charge is -2.30. The van der Waals surface area contributed by atoms with Gasteiger partial charge in [0.25, 0.3) is 5.56 Å². The first-order valence-electron chi connectivity index (χ1n) is 16.5. The summed E-state index contributed by atoms with van der Waals surface area (Å²) in [5, 5.41) is 7.80. The van der Waals surface area contributed by atoms with Crippen LogP contribution in [0.25, 0.3) is 11.0 Å². The number of hydrogen-bond acceptors (Lipinski definition) is 9. The Balaban J connectivity index is 1.22. The van der Waals surface area contributed by atoms with Crippen molar-refractivity contribution in [2.75, 3.05) is 55.9 Å². The van der Waals surface area contributed by atoms with E-state index in [2.05, 4.69) is 44.3 Å². The van der Waals surface area contributed by atoms with Gasteiger partial charge in [-0.05, 0) is 88.3 Å². The smallest absolute Gasteiger partial charge is 0.276 e. The number of hydrogen-bond donors (Lipinski definition) is 2. The highest BCUT2D eigenvalue weighted by molar-refractivity contribution is 5.81. The van der Waals surface area contributed by atoms with Crippen molar-refractivity contribution in [3.8, 4) is 0 Å². The molecule has 11 nitrogen and oxygen atoms in total. The molecular weight excluding hydrogens is 590 g/mol. The number of fused-ring (bicyclic) bond motifs is 1. The summed E-state index contributed by atoms with van der Waals surface area (Å²) in [7, 11) is 6.12. The zero-order valence-electron chi connectivity index (χ0n) is 27.4. The maximum absolute atomic E-state index is 14.4. The molecule has 2 aromatic carbocycles. The molecule has 2 fully saturated rings. The minimum Gasteiger partial charge on any atom is -0.382 e. The molecule has 2 saturated heterocycles. The predicted octanol–water partition coefficient (Wildman–Crippen LogP) is 5.48. The monoisotopic (exact) mass is 633 g/mol. The van der Waals surface area contributed by atoms with E-state index in [0.29, 0.717) is 35.8 Å². The van der Waals surface area contributed by atoms with E-state index in [0.717, 1.165) is 85.8 Å². The second-order valence-corrected chi connectivity index (χ2v) is 12.8. The summed E-state index contributed by atoms with van der Waals surface area (Å²) >= 11 is 0. The molecule has 0 atom stereocenters. The first-order chi connectivity index (χ1) is 22.9. The van der Waals surface area contributed by atoms with Gasteiger partial charge in [0.2, 0.25) is 5.95 Å². The number of likely N-dealkylation sites (tertiary alicyclic amines) is 1. The second kappa shape index (κ2) is 13.5. The Kier molecular flexibility index (Phi) is 8.90. The number of rotatable bonds is 9. The molecule has 0 saturated carbocycles. The molecule has 0 unspecified atom stereocenters. The van der Waals surface area contributed by atoms with Crippen molar-refractivity contribution in [1.82, 2.24) is 29.0 Å². The van der Waals surface area contributed by atoms with Gasteiger partial charge < -0.3 is 29.7 Å². The fourth-order valence-electron chi connectivity index (χ4n) is 6.80. The number of para-hydroxylation sites is 1. The zero-order chi connectivity index (χ0) is 32.3. The molecule has 244 valence electrons. The van der Waals surface area contributed by atoms with Gasteiger partial charge in [-0.2, -0.15) is 4.98 Å². The standard InChI is InChI=1S/C36H43N9O2/c1-42-17-13-29(14-18-42)39-27-9-11-28(12-10-27)40-36-37-22-26-21-32(44(3)30-7-5-4-6-8-30)35(46)45(34(26)41-36)23-31-33(43(2)24-38-31)25-15-19-47-20-16-25/h4-12,21-22,24-25,29,39H,13-20,23H2,1-3H3,(H,37,40,41). The average molecular weight is 634 g/mol. The number of benzene rings is 2. The van der Waals surface area contributed by atoms with Gasteiger partial charge in [-0.3, -0.25) is 9.36 Å². The van der Waals surface area contributed by atoms with E-state index in [4.69, 9.17) is 14.7 Å². The van der Waals surface area contributed by atoms with Crippen molar-refractivity contribution >= 4 is 39.7 Å². The number of pyridine rings is 1. The van der Waals surface area contributed by atoms with E-state index in [9.17, 15) is 4.79 Å². The fraction of sp³-hybridized carbons (Fsp3) is 0.389. The average Bonchev–Trinajstić information content (AvgIpc) is 3.47. The molecule has 7 rings (SSSR count). The third-order valence-electron chi connectivity index (χ3n) is 9.52. The topological polar surface area (TPSA) is 105 Å². The summed E-state index contributed by atoms with van der Waals surface area (Å²) in [6.45, 7) is 3.99. The van der Waals surface area contributed by atoms with E-state index in [1.807, 2.05) is 73.9 Å². The van der Waals surface area contributed by atoms with Gasteiger partial charge in [0, 0.05) is 73.6 Å². The van der Waals surface area contributed by atoms with Crippen LogP contribution in [-0.4, -0.2) is 75.4 Å². The van der Waals surface area contributed by atoms with Crippen molar-refractivity contribution in [2.24, 2.45) is 7.05 Å². The second-order valence-electron chi connectivity index (χ2n) is 12.8. The summed E-state index contributed by atoms with van der Waals surface area (Å²) in [6, 6.07) is 20.5. The lowest BCUT2D eigenvalue weighted by molar-refractivity contribution is 0.0837. The predicted molar refractivity (Wildman–Crippen MR) is 187 cm³/mol. The first-order valence-corrected chi connectivity index (χ1v) is 16.5. The maximum atomic E-state index is 14.4. The maximum Gasteiger partial charge on any atom is 0.276 e. The number of piperidine rings is 1. The van der Waals surface area contributed by atoms with Crippen molar-refractivity contribution < 1.29 is 4.74 Å². The molecule has 5 heterocycles. The van der Waals surface area contributed by atoms with Crippen molar-refractivity contribution in [2.45, 2.75) is 44.2 Å². The number of nitrogens with zero attached hydrogens (tertiary/aromatic N) is 7. The molecule has 2 N–H and O–H groups in total. The van der Waals surface area contributed by atoms with Crippen LogP contribution in [0.5, 0.6) is 0 Å². The third kappa shape index (κ3) is 6.72. The molecule has 11 heteroatoms. The Hall–Kier alpha value is -4.74. The summed E-state index contributed by atoms with van der Waals surface area (Å²) < 4.78 is 9.48. The lowest BCUT2D eigenvalue weighted by Crippen LogP contribution is -2.36. The first kappa shape index (κ1) is 30.9. The van der Waals surface area contributed by atoms with Crippen molar-refractivity contribution in [1.29, 1.82) is 0 Å². The van der Waals surface area contributed by atoms with E-state index < -0.39 is 0 Å². The molecule has 0 spiro atoms. The molecule has 2 aliphatic heterocycles. The highest BCUT2D eigenvalue weighted by Gasteiger charge is 2.25. The molecular formula is C36H43N9O2. The molecule has 0 radical (unpaired) electrons. The molecule has 5 aromatic rings. The Morgan fingerprint density at radius 1 is 0.936 bits per heavy atom. The van der Waals surface area contributed by atoms with Gasteiger partial charge in [-0.15, -0.1) is 0 Å². The SMILES string of the molecule is CN1CCC(Nc2ccc(Nc3ncc4cc(N(C)c5ccccc5)c(=O)n(Cc5ncn(C)c5C5CCOCC5)c4n3)cc2)CC1. The highest BCUT2D eigenvalue weighted by atomic mass is 16.5. The molecule has 3 aromatic heterocycles. The number of imidazole rings is 1. The molecule has 2 aliphatic rings. The molecule has 0 bridgehead atoms. The lowest BCUT2D eigenvalue weighted by atomic mass is 9.94. The summed E-state index contributed by atoms with van der Waals surface area (Å²) in [6.07, 6.45) is 7.78. The van der Waals surface area contributed by atoms with Crippen LogP contribution in [0.15, 0.2) is 78.0 Å². The van der Waals surface area contributed by atoms with Crippen molar-refractivity contribution in [3.05, 3.63) is 94.9 Å². The van der Waals surface area contributed by atoms with Crippen LogP contribution in [0.1, 0.15) is 43.0 Å². The normalized spacial score (nSPS) is 16.4. The third-order valence-corrected chi connectivity index (χ3v) is 9.52. The molecule has 47 heavy (non-hydrogen) atoms. The van der Waals surface area contributed by atoms with E-state index >= 15 is 0 Å². The fourth-order valence-corrected chi connectivity index (χ4v) is 6.80. The van der Waals surface area contributed by atoms with Crippen LogP contribution in [0.4, 0.5) is 28.7 Å². The van der Waals surface area contributed by atoms with Crippen LogP contribution in [0.2, 0.25) is 0 Å². The van der Waals surface area contributed by atoms with Gasteiger partial charge >= 0.3 is 0 Å². The zero-order valence-corrected chi connectivity index (χ0v) is 27.4. The number of ether oxygens (including phenoxy) is 1. The van der Waals surface area contributed by atoms with E-state index in [1.165, 1.54) is 0 Å². The van der Waals surface area contributed by atoms with Gasteiger partial charge in [0.05, 0.1) is 18.6 Å². The van der Waals surface area contributed by atoms with Crippen LogP contribution in [0, 0.1) is 0 Å². The van der Waals surface area contributed by atoms with Crippen LogP contribution in [-0.2, 0) is 18.3 Å². The number of nitrogens with one attached hydrogen (secondary N) is 2. The van der Waals surface area contributed by atoms with Crippen molar-refractivity contribution in [3.63, 3.8) is 0 Å². The number of aromatic nitrogens is 5. The largest absolute Gasteiger partial charge is 0.382 e. The van der Waals surface area contributed by atoms with Gasteiger partial charge in [0.1, 0.15) is 11.3 Å². The minimum absolute atomic E-state index is 0.138. The van der Waals surface area contributed by atoms with Gasteiger partial charge in [0.15, 0.2) is 0 Å².